The van der Waals surface area contributed by atoms with Crippen LogP contribution in [-0.4, -0.2) is 49.1 Å². The van der Waals surface area contributed by atoms with Crippen LogP contribution in [0.4, 0.5) is 5.69 Å². The van der Waals surface area contributed by atoms with Crippen molar-refractivity contribution >= 4 is 22.9 Å². The summed E-state index contributed by atoms with van der Waals surface area (Å²) in [5, 5.41) is 0.929. The van der Waals surface area contributed by atoms with E-state index in [1.54, 1.807) is 16.2 Å². The number of ether oxygens (including phenoxy) is 1. The topological polar surface area (TPSA) is 45.7 Å². The lowest BCUT2D eigenvalue weighted by atomic mass is 10.1. The molecular weight excluding hydrogens is 322 g/mol. The number of amides is 1. The zero-order valence-electron chi connectivity index (χ0n) is 14.4. The Balaban J connectivity index is 1.78. The smallest absolute Gasteiger partial charge is 0.273 e. The van der Waals surface area contributed by atoms with Crippen LogP contribution in [0.3, 0.4) is 0 Å². The summed E-state index contributed by atoms with van der Waals surface area (Å²) < 4.78 is 5.44. The van der Waals surface area contributed by atoms with Crippen molar-refractivity contribution in [1.29, 1.82) is 0 Å². The number of benzene rings is 1. The predicted octanol–water partition coefficient (Wildman–Crippen LogP) is 2.87. The van der Waals surface area contributed by atoms with Gasteiger partial charge >= 0.3 is 0 Å². The van der Waals surface area contributed by atoms with E-state index < -0.39 is 0 Å². The van der Waals surface area contributed by atoms with Gasteiger partial charge in [0.05, 0.1) is 18.2 Å². The zero-order valence-corrected chi connectivity index (χ0v) is 15.2. The van der Waals surface area contributed by atoms with Crippen LogP contribution in [0.2, 0.25) is 0 Å². The number of carbonyl (C=O) groups is 1. The van der Waals surface area contributed by atoms with Crippen LogP contribution in [0.1, 0.15) is 25.9 Å². The molecule has 5 nitrogen and oxygen atoms in total. The normalized spacial score (nSPS) is 14.7. The quantitative estimate of drug-likeness (QED) is 0.855. The Labute approximate surface area is 146 Å². The molecule has 0 unspecified atom stereocenters. The van der Waals surface area contributed by atoms with E-state index in [0.717, 1.165) is 41.8 Å². The van der Waals surface area contributed by atoms with E-state index in [1.165, 1.54) is 5.69 Å². The zero-order chi connectivity index (χ0) is 17.1. The van der Waals surface area contributed by atoms with Gasteiger partial charge in [0, 0.05) is 37.2 Å². The highest BCUT2D eigenvalue weighted by Gasteiger charge is 2.20. The summed E-state index contributed by atoms with van der Waals surface area (Å²) in [7, 11) is 1.84. The molecule has 6 heteroatoms. The molecular formula is C18H23N3O2S. The highest BCUT2D eigenvalue weighted by Crippen LogP contribution is 2.24. The molecule has 0 bridgehead atoms. The van der Waals surface area contributed by atoms with Crippen molar-refractivity contribution in [2.75, 3.05) is 38.3 Å². The Morgan fingerprint density at radius 1 is 1.29 bits per heavy atom. The van der Waals surface area contributed by atoms with Crippen molar-refractivity contribution in [3.8, 4) is 0 Å². The van der Waals surface area contributed by atoms with Crippen molar-refractivity contribution in [3.63, 3.8) is 0 Å². The van der Waals surface area contributed by atoms with Crippen molar-refractivity contribution < 1.29 is 9.53 Å². The Hall–Kier alpha value is -1.92. The highest BCUT2D eigenvalue weighted by atomic mass is 32.1. The fourth-order valence-electron chi connectivity index (χ4n) is 2.99. The van der Waals surface area contributed by atoms with Gasteiger partial charge in [0.25, 0.3) is 5.91 Å². The molecule has 1 aromatic carbocycles. The van der Waals surface area contributed by atoms with Gasteiger partial charge in [-0.3, -0.25) is 4.79 Å². The van der Waals surface area contributed by atoms with Crippen LogP contribution in [0.5, 0.6) is 0 Å². The molecule has 1 saturated heterocycles. The summed E-state index contributed by atoms with van der Waals surface area (Å²) in [6.45, 7) is 7.73. The average Bonchev–Trinajstić information content (AvgIpc) is 2.93. The molecule has 0 radical (unpaired) electrons. The monoisotopic (exact) mass is 345 g/mol. The van der Waals surface area contributed by atoms with Gasteiger partial charge in [0.15, 0.2) is 0 Å². The minimum atomic E-state index is -0.0198. The van der Waals surface area contributed by atoms with Gasteiger partial charge in [-0.2, -0.15) is 0 Å². The predicted molar refractivity (Wildman–Crippen MR) is 96.9 cm³/mol. The third kappa shape index (κ3) is 3.60. The summed E-state index contributed by atoms with van der Waals surface area (Å²) in [6.07, 6.45) is 0. The van der Waals surface area contributed by atoms with Gasteiger partial charge in [0.1, 0.15) is 5.69 Å². The second-order valence-corrected chi connectivity index (χ2v) is 7.43. The Bertz CT molecular complexity index is 723. The number of carbonyl (C=O) groups excluding carboxylic acids is 1. The largest absolute Gasteiger partial charge is 0.378 e. The molecule has 3 rings (SSSR count). The van der Waals surface area contributed by atoms with Crippen LogP contribution >= 0.6 is 11.3 Å². The summed E-state index contributed by atoms with van der Waals surface area (Å²) >= 11 is 1.57. The lowest BCUT2D eigenvalue weighted by Gasteiger charge is -2.31. The van der Waals surface area contributed by atoms with Gasteiger partial charge in [-0.05, 0) is 25.5 Å². The molecule has 1 aliphatic rings. The standard InChI is InChI=1S/C18H23N3O2S/c1-13-17(19-14(2)24-13)18(22)20(3)12-15-6-4-5-7-16(15)21-8-10-23-11-9-21/h4-7H,8-12H2,1-3H3. The Morgan fingerprint density at radius 3 is 2.67 bits per heavy atom. The van der Waals surface area contributed by atoms with Gasteiger partial charge in [-0.15, -0.1) is 11.3 Å². The van der Waals surface area contributed by atoms with Gasteiger partial charge in [-0.25, -0.2) is 4.98 Å². The van der Waals surface area contributed by atoms with E-state index in [4.69, 9.17) is 4.74 Å². The number of hydrogen-bond donors (Lipinski definition) is 0. The van der Waals surface area contributed by atoms with Crippen molar-refractivity contribution in [2.24, 2.45) is 0 Å². The van der Waals surface area contributed by atoms with Crippen LogP contribution in [0.15, 0.2) is 24.3 Å². The van der Waals surface area contributed by atoms with Crippen LogP contribution in [0, 0.1) is 13.8 Å². The van der Waals surface area contributed by atoms with Crippen molar-refractivity contribution in [2.45, 2.75) is 20.4 Å². The first-order valence-corrected chi connectivity index (χ1v) is 8.98. The maximum Gasteiger partial charge on any atom is 0.273 e. The summed E-state index contributed by atoms with van der Waals surface area (Å²) in [5.74, 6) is -0.0198. The van der Waals surface area contributed by atoms with E-state index in [1.807, 2.05) is 33.0 Å². The van der Waals surface area contributed by atoms with Crippen LogP contribution < -0.4 is 4.90 Å². The van der Waals surface area contributed by atoms with E-state index in [2.05, 4.69) is 22.0 Å². The SMILES string of the molecule is Cc1nc(C(=O)N(C)Cc2ccccc2N2CCOCC2)c(C)s1. The lowest BCUT2D eigenvalue weighted by Crippen LogP contribution is -2.37. The number of rotatable bonds is 4. The van der Waals surface area contributed by atoms with Crippen LogP contribution in [-0.2, 0) is 11.3 Å². The van der Waals surface area contributed by atoms with Crippen molar-refractivity contribution in [1.82, 2.24) is 9.88 Å². The fourth-order valence-corrected chi connectivity index (χ4v) is 3.80. The molecule has 1 aliphatic heterocycles. The van der Waals surface area contributed by atoms with E-state index in [-0.39, 0.29) is 5.91 Å². The van der Waals surface area contributed by atoms with E-state index in [0.29, 0.717) is 12.2 Å². The minimum absolute atomic E-state index is 0.0198. The molecule has 2 heterocycles. The highest BCUT2D eigenvalue weighted by molar-refractivity contribution is 7.11. The molecule has 128 valence electrons. The number of morpholine rings is 1. The first kappa shape index (κ1) is 16.9. The molecule has 2 aromatic rings. The molecule has 1 amide bonds. The first-order valence-electron chi connectivity index (χ1n) is 8.16. The maximum absolute atomic E-state index is 12.7. The molecule has 0 aliphatic carbocycles. The number of hydrogen-bond acceptors (Lipinski definition) is 5. The molecule has 1 fully saturated rings. The van der Waals surface area contributed by atoms with E-state index >= 15 is 0 Å². The molecule has 1 aromatic heterocycles. The summed E-state index contributed by atoms with van der Waals surface area (Å²) in [4.78, 5) is 22.1. The summed E-state index contributed by atoms with van der Waals surface area (Å²) in [6, 6.07) is 8.28. The molecule has 0 spiro atoms. The molecule has 0 N–H and O–H groups in total. The first-order chi connectivity index (χ1) is 11.6. The van der Waals surface area contributed by atoms with Crippen LogP contribution in [0.25, 0.3) is 0 Å². The Morgan fingerprint density at radius 2 is 2.00 bits per heavy atom. The Kier molecular flexibility index (Phi) is 5.16. The number of thiazole rings is 1. The third-order valence-electron chi connectivity index (χ3n) is 4.20. The number of anilines is 1. The lowest BCUT2D eigenvalue weighted by molar-refractivity contribution is 0.0779. The number of aryl methyl sites for hydroxylation is 2. The second kappa shape index (κ2) is 7.32. The van der Waals surface area contributed by atoms with Gasteiger partial charge in [0.2, 0.25) is 0 Å². The maximum atomic E-state index is 12.7. The van der Waals surface area contributed by atoms with Gasteiger partial charge in [-0.1, -0.05) is 18.2 Å². The van der Waals surface area contributed by atoms with Gasteiger partial charge < -0.3 is 14.5 Å². The number of nitrogens with zero attached hydrogens (tertiary/aromatic N) is 3. The minimum Gasteiger partial charge on any atom is -0.378 e. The summed E-state index contributed by atoms with van der Waals surface area (Å²) in [5.41, 5.74) is 2.91. The molecule has 0 atom stereocenters. The number of aromatic nitrogens is 1. The van der Waals surface area contributed by atoms with E-state index in [9.17, 15) is 4.79 Å². The van der Waals surface area contributed by atoms with Crippen molar-refractivity contribution in [3.05, 3.63) is 45.4 Å². The molecule has 0 saturated carbocycles. The average molecular weight is 345 g/mol. The second-order valence-electron chi connectivity index (χ2n) is 6.03. The third-order valence-corrected chi connectivity index (χ3v) is 5.09. The fraction of sp³-hybridized carbons (Fsp3) is 0.444. The number of para-hydroxylation sites is 1. The molecule has 24 heavy (non-hydrogen) atoms.